The van der Waals surface area contributed by atoms with Gasteiger partial charge in [-0.25, -0.2) is 9.97 Å². The molecule has 2 aliphatic rings. The molecule has 1 fully saturated rings. The molecule has 0 spiro atoms. The van der Waals surface area contributed by atoms with E-state index in [0.29, 0.717) is 28.9 Å². The molecule has 1 aliphatic carbocycles. The van der Waals surface area contributed by atoms with E-state index in [1.54, 1.807) is 6.20 Å². The van der Waals surface area contributed by atoms with Crippen molar-refractivity contribution in [3.63, 3.8) is 0 Å². The van der Waals surface area contributed by atoms with Gasteiger partial charge < -0.3 is 20.4 Å². The molecule has 0 bridgehead atoms. The maximum absolute atomic E-state index is 12.7. The minimum absolute atomic E-state index is 0.0309. The molecule has 2 aromatic heterocycles. The number of benzene rings is 1. The Kier molecular flexibility index (Phi) is 4.42. The number of anilines is 1. The minimum Gasteiger partial charge on any atom is -0.486 e. The third-order valence-corrected chi connectivity index (χ3v) is 5.24. The van der Waals surface area contributed by atoms with Gasteiger partial charge in [-0.2, -0.15) is 0 Å². The lowest BCUT2D eigenvalue weighted by molar-refractivity contribution is -0.121. The number of aromatic nitrogens is 3. The van der Waals surface area contributed by atoms with Gasteiger partial charge in [0, 0.05) is 30.6 Å². The van der Waals surface area contributed by atoms with Crippen molar-refractivity contribution < 1.29 is 19.1 Å². The number of nitrogens with one attached hydrogen (secondary N) is 3. The second kappa shape index (κ2) is 7.25. The molecule has 3 N–H and O–H groups in total. The fourth-order valence-corrected chi connectivity index (χ4v) is 3.50. The van der Waals surface area contributed by atoms with E-state index in [-0.39, 0.29) is 42.4 Å². The number of ketones is 1. The Morgan fingerprint density at radius 2 is 2.10 bits per heavy atom. The van der Waals surface area contributed by atoms with Crippen LogP contribution in [-0.4, -0.2) is 39.2 Å². The Bertz CT molecular complexity index is 1180. The van der Waals surface area contributed by atoms with Crippen LogP contribution in [0.4, 0.5) is 5.69 Å². The number of hydrogen-bond donors (Lipinski definition) is 3. The van der Waals surface area contributed by atoms with E-state index in [1.807, 2.05) is 18.2 Å². The van der Waals surface area contributed by atoms with Crippen molar-refractivity contribution >= 4 is 34.3 Å². The number of ether oxygens (including phenoxy) is 1. The van der Waals surface area contributed by atoms with Crippen LogP contribution < -0.4 is 15.4 Å². The first-order chi connectivity index (χ1) is 14.6. The molecule has 3 aromatic rings. The molecule has 30 heavy (non-hydrogen) atoms. The van der Waals surface area contributed by atoms with Gasteiger partial charge in [-0.3, -0.25) is 14.4 Å². The van der Waals surface area contributed by atoms with Gasteiger partial charge in [0.1, 0.15) is 24.2 Å². The molecule has 5 rings (SSSR count). The summed E-state index contributed by atoms with van der Waals surface area (Å²) in [5, 5.41) is 5.69. The van der Waals surface area contributed by atoms with Crippen molar-refractivity contribution in [2.24, 2.45) is 5.92 Å². The Morgan fingerprint density at radius 1 is 1.23 bits per heavy atom. The Hall–Kier alpha value is -3.75. The lowest BCUT2D eigenvalue weighted by Crippen LogP contribution is -2.25. The fraction of sp³-hybridized carbons (Fsp3) is 0.286. The Balaban J connectivity index is 1.31. The highest BCUT2D eigenvalue weighted by atomic mass is 16.5. The molecule has 1 aromatic carbocycles. The number of carbonyl (C=O) groups excluding carboxylic acids is 3. The highest BCUT2D eigenvalue weighted by Crippen LogP contribution is 2.31. The summed E-state index contributed by atoms with van der Waals surface area (Å²) in [6, 6.07) is 5.53. The van der Waals surface area contributed by atoms with Gasteiger partial charge >= 0.3 is 0 Å². The highest BCUT2D eigenvalue weighted by molar-refractivity contribution is 6.08. The molecule has 3 heterocycles. The summed E-state index contributed by atoms with van der Waals surface area (Å²) in [4.78, 5) is 47.7. The summed E-state index contributed by atoms with van der Waals surface area (Å²) in [6.45, 7) is 0.379. The molecule has 9 heteroatoms. The number of hydrogen-bond acceptors (Lipinski definition) is 6. The lowest BCUT2D eigenvalue weighted by atomic mass is 10.0. The first-order valence-corrected chi connectivity index (χ1v) is 9.76. The highest BCUT2D eigenvalue weighted by Gasteiger charge is 2.30. The van der Waals surface area contributed by atoms with Crippen molar-refractivity contribution in [2.75, 3.05) is 11.9 Å². The van der Waals surface area contributed by atoms with Gasteiger partial charge in [0.05, 0.1) is 11.2 Å². The lowest BCUT2D eigenvalue weighted by Gasteiger charge is -2.17. The third-order valence-electron chi connectivity index (χ3n) is 5.24. The van der Waals surface area contributed by atoms with Crippen LogP contribution in [-0.2, 0) is 22.6 Å². The van der Waals surface area contributed by atoms with E-state index in [4.69, 9.17) is 4.74 Å². The standard InChI is InChI=1S/C21H19N5O4/c27-14-6-13-5-11(1-4-16(13)30-9-14)7-23-21(29)19-18-17(24-10-25-19)15(8-22-18)26-20(28)12-2-3-12/h1,4-5,8,10,12,22H,2-3,6-7,9H2,(H,23,29)(H,26,28). The van der Waals surface area contributed by atoms with Crippen LogP contribution in [0.15, 0.2) is 30.7 Å². The maximum atomic E-state index is 12.7. The molecular weight excluding hydrogens is 386 g/mol. The number of rotatable bonds is 5. The topological polar surface area (TPSA) is 126 Å². The Morgan fingerprint density at radius 3 is 2.93 bits per heavy atom. The summed E-state index contributed by atoms with van der Waals surface area (Å²) < 4.78 is 5.39. The molecule has 152 valence electrons. The zero-order chi connectivity index (χ0) is 20.7. The second-order valence-corrected chi connectivity index (χ2v) is 7.54. The monoisotopic (exact) mass is 405 g/mol. The van der Waals surface area contributed by atoms with Gasteiger partial charge in [-0.1, -0.05) is 6.07 Å². The molecule has 1 aliphatic heterocycles. The van der Waals surface area contributed by atoms with Crippen molar-refractivity contribution in [3.8, 4) is 5.75 Å². The number of amides is 2. The van der Waals surface area contributed by atoms with E-state index in [9.17, 15) is 14.4 Å². The second-order valence-electron chi connectivity index (χ2n) is 7.54. The van der Waals surface area contributed by atoms with Crippen LogP contribution in [0.3, 0.4) is 0 Å². The van der Waals surface area contributed by atoms with E-state index in [0.717, 1.165) is 24.0 Å². The zero-order valence-electron chi connectivity index (χ0n) is 16.0. The van der Waals surface area contributed by atoms with Gasteiger partial charge in [0.15, 0.2) is 11.5 Å². The number of Topliss-reactive ketones (excluding diaryl/α,β-unsaturated/α-hetero) is 1. The first-order valence-electron chi connectivity index (χ1n) is 9.76. The molecule has 0 unspecified atom stereocenters. The molecular formula is C21H19N5O4. The smallest absolute Gasteiger partial charge is 0.272 e. The number of nitrogens with zero attached hydrogens (tertiary/aromatic N) is 2. The Labute approximate surface area is 171 Å². The van der Waals surface area contributed by atoms with Crippen molar-refractivity contribution in [3.05, 3.63) is 47.5 Å². The fourth-order valence-electron chi connectivity index (χ4n) is 3.50. The number of fused-ring (bicyclic) bond motifs is 2. The largest absolute Gasteiger partial charge is 0.486 e. The van der Waals surface area contributed by atoms with Gasteiger partial charge in [0.25, 0.3) is 5.91 Å². The SMILES string of the molecule is O=C1COc2ccc(CNC(=O)c3ncnc4c(NC(=O)C5CC5)c[nH]c34)cc2C1. The number of aromatic amines is 1. The van der Waals surface area contributed by atoms with Crippen LogP contribution in [0.5, 0.6) is 5.75 Å². The molecule has 0 saturated heterocycles. The molecule has 2 amide bonds. The minimum atomic E-state index is -0.366. The number of carbonyl (C=O) groups is 3. The van der Waals surface area contributed by atoms with Gasteiger partial charge in [-0.05, 0) is 30.5 Å². The van der Waals surface area contributed by atoms with Crippen LogP contribution in [0.25, 0.3) is 11.0 Å². The molecule has 9 nitrogen and oxygen atoms in total. The van der Waals surface area contributed by atoms with Crippen LogP contribution in [0.1, 0.15) is 34.5 Å². The summed E-state index contributed by atoms with van der Waals surface area (Å²) >= 11 is 0. The molecule has 0 radical (unpaired) electrons. The average Bonchev–Trinajstić information content (AvgIpc) is 3.53. The van der Waals surface area contributed by atoms with Crippen molar-refractivity contribution in [1.82, 2.24) is 20.3 Å². The van der Waals surface area contributed by atoms with E-state index >= 15 is 0 Å². The van der Waals surface area contributed by atoms with E-state index < -0.39 is 0 Å². The summed E-state index contributed by atoms with van der Waals surface area (Å²) in [6.07, 6.45) is 5.07. The van der Waals surface area contributed by atoms with Crippen molar-refractivity contribution in [2.45, 2.75) is 25.8 Å². The van der Waals surface area contributed by atoms with Crippen LogP contribution in [0, 0.1) is 5.92 Å². The summed E-state index contributed by atoms with van der Waals surface area (Å²) in [5.74, 6) is 0.402. The van der Waals surface area contributed by atoms with Crippen LogP contribution >= 0.6 is 0 Å². The van der Waals surface area contributed by atoms with Gasteiger partial charge in [-0.15, -0.1) is 0 Å². The zero-order valence-corrected chi connectivity index (χ0v) is 16.0. The summed E-state index contributed by atoms with van der Waals surface area (Å²) in [7, 11) is 0. The van der Waals surface area contributed by atoms with Crippen molar-refractivity contribution in [1.29, 1.82) is 0 Å². The van der Waals surface area contributed by atoms with Gasteiger partial charge in [0.2, 0.25) is 5.91 Å². The molecule has 0 atom stereocenters. The molecule has 1 saturated carbocycles. The quantitative estimate of drug-likeness (QED) is 0.594. The van der Waals surface area contributed by atoms with E-state index in [1.165, 1.54) is 6.33 Å². The number of H-pyrrole nitrogens is 1. The normalized spacial score (nSPS) is 15.4. The first kappa shape index (κ1) is 18.3. The maximum Gasteiger partial charge on any atom is 0.272 e. The predicted octanol–water partition coefficient (Wildman–Crippen LogP) is 1.74. The third kappa shape index (κ3) is 3.49. The summed E-state index contributed by atoms with van der Waals surface area (Å²) in [5.41, 5.74) is 3.37. The van der Waals surface area contributed by atoms with E-state index in [2.05, 4.69) is 25.6 Å². The average molecular weight is 405 g/mol. The predicted molar refractivity (Wildman–Crippen MR) is 107 cm³/mol. The van der Waals surface area contributed by atoms with Crippen LogP contribution in [0.2, 0.25) is 0 Å².